The van der Waals surface area contributed by atoms with Gasteiger partial charge in [-0.15, -0.1) is 11.3 Å². The van der Waals surface area contributed by atoms with Gasteiger partial charge in [0.25, 0.3) is 0 Å². The summed E-state index contributed by atoms with van der Waals surface area (Å²) in [5.74, 6) is -0.256. The number of thiophene rings is 1. The molecule has 1 aromatic carbocycles. The van der Waals surface area contributed by atoms with E-state index in [4.69, 9.17) is 5.73 Å². The molecule has 4 heteroatoms. The molecule has 0 spiro atoms. The van der Waals surface area contributed by atoms with E-state index < -0.39 is 0 Å². The van der Waals surface area contributed by atoms with Crippen molar-refractivity contribution in [3.8, 4) is 0 Å². The van der Waals surface area contributed by atoms with Crippen molar-refractivity contribution in [3.63, 3.8) is 0 Å². The van der Waals surface area contributed by atoms with Gasteiger partial charge in [-0.25, -0.2) is 4.39 Å². The van der Waals surface area contributed by atoms with E-state index >= 15 is 0 Å². The maximum absolute atomic E-state index is 13.0. The summed E-state index contributed by atoms with van der Waals surface area (Å²) < 4.78 is 13.7. The zero-order valence-electron chi connectivity index (χ0n) is 9.41. The molecule has 1 atom stereocenters. The molecule has 2 N–H and O–H groups in total. The lowest BCUT2D eigenvalue weighted by Crippen LogP contribution is -2.10. The predicted octanol–water partition coefficient (Wildman–Crippen LogP) is 4.26. The Hall–Kier alpha value is -0.710. The maximum Gasteiger partial charge on any atom is 0.124 e. The van der Waals surface area contributed by atoms with Crippen molar-refractivity contribution in [1.82, 2.24) is 0 Å². The molecular weight excluding hydrogens is 301 g/mol. The molecule has 0 bridgehead atoms. The quantitative estimate of drug-likeness (QED) is 0.900. The first-order chi connectivity index (χ1) is 8.11. The summed E-state index contributed by atoms with van der Waals surface area (Å²) in [7, 11) is 0. The van der Waals surface area contributed by atoms with Crippen molar-refractivity contribution in [2.75, 3.05) is 0 Å². The van der Waals surface area contributed by atoms with Crippen LogP contribution in [0.25, 0.3) is 0 Å². The first-order valence-corrected chi connectivity index (χ1v) is 7.02. The number of hydrogen-bond donors (Lipinski definition) is 1. The van der Waals surface area contributed by atoms with E-state index in [0.29, 0.717) is 0 Å². The summed E-state index contributed by atoms with van der Waals surface area (Å²) in [5.41, 5.74) is 7.11. The fourth-order valence-corrected chi connectivity index (χ4v) is 3.23. The van der Waals surface area contributed by atoms with Crippen LogP contribution in [0.15, 0.2) is 34.8 Å². The zero-order chi connectivity index (χ0) is 12.4. The summed E-state index contributed by atoms with van der Waals surface area (Å²) in [6.45, 7) is 2.12. The van der Waals surface area contributed by atoms with Crippen LogP contribution in [0.4, 0.5) is 4.39 Å². The van der Waals surface area contributed by atoms with Crippen LogP contribution in [0.3, 0.4) is 0 Å². The number of aryl methyl sites for hydroxylation is 1. The number of rotatable bonds is 3. The van der Waals surface area contributed by atoms with E-state index in [9.17, 15) is 4.39 Å². The lowest BCUT2D eigenvalue weighted by atomic mass is 10.1. The van der Waals surface area contributed by atoms with Crippen LogP contribution in [0.1, 0.15) is 28.3 Å². The Kier molecular flexibility index (Phi) is 3.97. The molecule has 90 valence electrons. The lowest BCUT2D eigenvalue weighted by Gasteiger charge is -2.12. The molecule has 0 saturated heterocycles. The van der Waals surface area contributed by atoms with E-state index in [-0.39, 0.29) is 11.9 Å². The summed E-state index contributed by atoms with van der Waals surface area (Å²) in [5, 5.41) is 0. The Morgan fingerprint density at radius 3 is 2.71 bits per heavy atom. The van der Waals surface area contributed by atoms with Crippen LogP contribution >= 0.6 is 27.3 Å². The van der Waals surface area contributed by atoms with Gasteiger partial charge in [-0.05, 0) is 36.2 Å². The fraction of sp³-hybridized carbons (Fsp3) is 0.231. The highest BCUT2D eigenvalue weighted by molar-refractivity contribution is 9.10. The third-order valence-electron chi connectivity index (χ3n) is 2.63. The summed E-state index contributed by atoms with van der Waals surface area (Å²) >= 11 is 5.06. The molecule has 0 aliphatic rings. The molecule has 1 nitrogen and oxygen atoms in total. The second-order valence-electron chi connectivity index (χ2n) is 3.80. The second kappa shape index (κ2) is 5.29. The van der Waals surface area contributed by atoms with Crippen molar-refractivity contribution in [2.45, 2.75) is 19.4 Å². The first-order valence-electron chi connectivity index (χ1n) is 5.41. The smallest absolute Gasteiger partial charge is 0.124 e. The van der Waals surface area contributed by atoms with Crippen LogP contribution in [0.5, 0.6) is 0 Å². The number of nitrogens with two attached hydrogens (primary N) is 1. The Morgan fingerprint density at radius 1 is 1.35 bits per heavy atom. The average molecular weight is 314 g/mol. The van der Waals surface area contributed by atoms with Crippen LogP contribution in [0, 0.1) is 5.82 Å². The van der Waals surface area contributed by atoms with E-state index in [0.717, 1.165) is 21.3 Å². The van der Waals surface area contributed by atoms with Gasteiger partial charge in [0.05, 0.1) is 6.04 Å². The van der Waals surface area contributed by atoms with Crippen molar-refractivity contribution in [2.24, 2.45) is 5.73 Å². The third-order valence-corrected chi connectivity index (χ3v) is 4.63. The minimum atomic E-state index is -0.256. The minimum Gasteiger partial charge on any atom is -0.320 e. The van der Waals surface area contributed by atoms with Gasteiger partial charge in [0.15, 0.2) is 0 Å². The molecule has 0 saturated carbocycles. The van der Waals surface area contributed by atoms with E-state index in [1.54, 1.807) is 17.4 Å². The number of halogens is 2. The fourth-order valence-electron chi connectivity index (χ4n) is 1.66. The van der Waals surface area contributed by atoms with Crippen molar-refractivity contribution < 1.29 is 4.39 Å². The van der Waals surface area contributed by atoms with Gasteiger partial charge in [-0.2, -0.15) is 0 Å². The SMILES string of the molecule is CCc1ccc(C(N)c2ccc(F)cc2Br)s1. The van der Waals surface area contributed by atoms with E-state index in [2.05, 4.69) is 28.9 Å². The standard InChI is InChI=1S/C13H13BrFNS/c1-2-9-4-6-12(17-9)13(16)10-5-3-8(15)7-11(10)14/h3-7,13H,2,16H2,1H3. The molecule has 0 aliphatic heterocycles. The van der Waals surface area contributed by atoms with Crippen molar-refractivity contribution in [3.05, 3.63) is 55.9 Å². The second-order valence-corrected chi connectivity index (χ2v) is 5.86. The molecule has 17 heavy (non-hydrogen) atoms. The predicted molar refractivity (Wildman–Crippen MR) is 73.8 cm³/mol. The molecule has 0 fully saturated rings. The van der Waals surface area contributed by atoms with Gasteiger partial charge < -0.3 is 5.73 Å². The molecule has 2 aromatic rings. The summed E-state index contributed by atoms with van der Waals surface area (Å²) in [6.07, 6.45) is 1.02. The van der Waals surface area contributed by atoms with Gasteiger partial charge in [0.1, 0.15) is 5.82 Å². The molecule has 1 unspecified atom stereocenters. The van der Waals surface area contributed by atoms with Gasteiger partial charge in [0, 0.05) is 14.2 Å². The Balaban J connectivity index is 2.33. The molecule has 0 radical (unpaired) electrons. The van der Waals surface area contributed by atoms with Gasteiger partial charge in [-0.3, -0.25) is 0 Å². The van der Waals surface area contributed by atoms with Crippen molar-refractivity contribution in [1.29, 1.82) is 0 Å². The Bertz CT molecular complexity index is 524. The first kappa shape index (κ1) is 12.7. The van der Waals surface area contributed by atoms with Crippen LogP contribution < -0.4 is 5.73 Å². The van der Waals surface area contributed by atoms with Crippen LogP contribution in [0.2, 0.25) is 0 Å². The zero-order valence-corrected chi connectivity index (χ0v) is 11.8. The van der Waals surface area contributed by atoms with Gasteiger partial charge >= 0.3 is 0 Å². The van der Waals surface area contributed by atoms with Gasteiger partial charge in [0.2, 0.25) is 0 Å². The topological polar surface area (TPSA) is 26.0 Å². The molecule has 2 rings (SSSR count). The largest absolute Gasteiger partial charge is 0.320 e. The molecule has 0 amide bonds. The van der Waals surface area contributed by atoms with Crippen LogP contribution in [-0.2, 0) is 6.42 Å². The maximum atomic E-state index is 13.0. The normalized spacial score (nSPS) is 12.7. The highest BCUT2D eigenvalue weighted by Crippen LogP contribution is 2.31. The molecule has 1 heterocycles. The Morgan fingerprint density at radius 2 is 2.12 bits per heavy atom. The van der Waals surface area contributed by atoms with E-state index in [1.807, 2.05) is 6.07 Å². The number of benzene rings is 1. The van der Waals surface area contributed by atoms with Crippen molar-refractivity contribution >= 4 is 27.3 Å². The molecular formula is C13H13BrFNS. The third kappa shape index (κ3) is 2.76. The van der Waals surface area contributed by atoms with E-state index in [1.165, 1.54) is 17.0 Å². The number of hydrogen-bond acceptors (Lipinski definition) is 2. The highest BCUT2D eigenvalue weighted by Gasteiger charge is 2.14. The summed E-state index contributed by atoms with van der Waals surface area (Å²) in [4.78, 5) is 2.42. The Labute approximate surface area is 113 Å². The van der Waals surface area contributed by atoms with Crippen LogP contribution in [-0.4, -0.2) is 0 Å². The molecule has 1 aromatic heterocycles. The van der Waals surface area contributed by atoms with Gasteiger partial charge in [-0.1, -0.05) is 28.9 Å². The average Bonchev–Trinajstić information content (AvgIpc) is 2.76. The lowest BCUT2D eigenvalue weighted by molar-refractivity contribution is 0.625. The summed E-state index contributed by atoms with van der Waals surface area (Å²) in [6, 6.07) is 8.56. The monoisotopic (exact) mass is 313 g/mol. The molecule has 0 aliphatic carbocycles. The highest BCUT2D eigenvalue weighted by atomic mass is 79.9. The minimum absolute atomic E-state index is 0.199.